The highest BCUT2D eigenvalue weighted by molar-refractivity contribution is 7.17. The molecule has 0 aliphatic heterocycles. The van der Waals surface area contributed by atoms with Crippen molar-refractivity contribution in [1.82, 2.24) is 0 Å². The van der Waals surface area contributed by atoms with E-state index in [9.17, 15) is 9.18 Å². The average molecular weight is 243 g/mol. The Labute approximate surface area is 95.5 Å². The van der Waals surface area contributed by atoms with Crippen LogP contribution in [0.15, 0.2) is 23.6 Å². The molecule has 0 spiro atoms. The quantitative estimate of drug-likeness (QED) is 0.590. The zero-order valence-corrected chi connectivity index (χ0v) is 9.37. The molecule has 15 heavy (non-hydrogen) atoms. The third-order valence-corrected chi connectivity index (χ3v) is 3.37. The third-order valence-electron chi connectivity index (χ3n) is 2.17. The minimum absolute atomic E-state index is 0.0261. The molecule has 2 rings (SSSR count). The Morgan fingerprint density at radius 3 is 3.00 bits per heavy atom. The largest absolute Gasteiger partial charge is 0.294 e. The Morgan fingerprint density at radius 1 is 1.47 bits per heavy atom. The van der Waals surface area contributed by atoms with Crippen LogP contribution >= 0.6 is 22.9 Å². The maximum Gasteiger partial charge on any atom is 0.165 e. The van der Waals surface area contributed by atoms with Crippen molar-refractivity contribution in [3.05, 3.63) is 35.0 Å². The lowest BCUT2D eigenvalue weighted by atomic mass is 10.1. The predicted octanol–water partition coefficient (Wildman–Crippen LogP) is 3.85. The van der Waals surface area contributed by atoms with Crippen molar-refractivity contribution >= 4 is 38.8 Å². The third kappa shape index (κ3) is 1.90. The molecular formula is C11H8ClFOS. The number of halogens is 2. The first kappa shape index (κ1) is 10.6. The van der Waals surface area contributed by atoms with Gasteiger partial charge in [-0.05, 0) is 6.07 Å². The number of thiophene rings is 1. The highest BCUT2D eigenvalue weighted by Gasteiger charge is 2.13. The smallest absolute Gasteiger partial charge is 0.165 e. The first-order chi connectivity index (χ1) is 7.24. The van der Waals surface area contributed by atoms with Gasteiger partial charge in [-0.3, -0.25) is 4.79 Å². The van der Waals surface area contributed by atoms with Gasteiger partial charge in [-0.2, -0.15) is 0 Å². The van der Waals surface area contributed by atoms with Gasteiger partial charge in [-0.25, -0.2) is 4.39 Å². The van der Waals surface area contributed by atoms with Crippen LogP contribution in [0.3, 0.4) is 0 Å². The summed E-state index contributed by atoms with van der Waals surface area (Å²) in [5.74, 6) is -0.00449. The Kier molecular flexibility index (Phi) is 3.03. The van der Waals surface area contributed by atoms with E-state index in [-0.39, 0.29) is 11.6 Å². The topological polar surface area (TPSA) is 17.1 Å². The predicted molar refractivity (Wildman–Crippen MR) is 61.5 cm³/mol. The molecule has 0 unspecified atom stereocenters. The van der Waals surface area contributed by atoms with Gasteiger partial charge in [0, 0.05) is 28.6 Å². The molecule has 2 aromatic rings. The highest BCUT2D eigenvalue weighted by Crippen LogP contribution is 2.28. The number of benzene rings is 1. The molecule has 0 N–H and O–H groups in total. The van der Waals surface area contributed by atoms with Crippen molar-refractivity contribution in [1.29, 1.82) is 0 Å². The highest BCUT2D eigenvalue weighted by atomic mass is 35.5. The van der Waals surface area contributed by atoms with E-state index in [0.29, 0.717) is 28.0 Å². The first-order valence-corrected chi connectivity index (χ1v) is 5.90. The molecule has 4 heteroatoms. The van der Waals surface area contributed by atoms with E-state index < -0.39 is 0 Å². The summed E-state index contributed by atoms with van der Waals surface area (Å²) >= 11 is 6.76. The fourth-order valence-electron chi connectivity index (χ4n) is 1.46. The van der Waals surface area contributed by atoms with Crippen LogP contribution in [0.5, 0.6) is 0 Å². The van der Waals surface area contributed by atoms with Crippen LogP contribution in [0, 0.1) is 5.82 Å². The molecule has 0 radical (unpaired) electrons. The van der Waals surface area contributed by atoms with Crippen LogP contribution < -0.4 is 0 Å². The van der Waals surface area contributed by atoms with Crippen LogP contribution in [0.1, 0.15) is 16.8 Å². The lowest BCUT2D eigenvalue weighted by Crippen LogP contribution is -1.98. The SMILES string of the molecule is O=C(CCCl)c1csc2c(F)cccc12. The molecule has 0 saturated carbocycles. The monoisotopic (exact) mass is 242 g/mol. The summed E-state index contributed by atoms with van der Waals surface area (Å²) in [7, 11) is 0. The molecule has 0 aliphatic rings. The van der Waals surface area contributed by atoms with E-state index in [1.54, 1.807) is 17.5 Å². The van der Waals surface area contributed by atoms with Crippen molar-refractivity contribution in [2.45, 2.75) is 6.42 Å². The number of ketones is 1. The molecule has 0 amide bonds. The molecule has 0 fully saturated rings. The summed E-state index contributed by atoms with van der Waals surface area (Å²) in [6.45, 7) is 0. The molecule has 78 valence electrons. The Morgan fingerprint density at radius 2 is 2.27 bits per heavy atom. The first-order valence-electron chi connectivity index (χ1n) is 4.49. The number of carbonyl (C=O) groups excluding carboxylic acids is 1. The van der Waals surface area contributed by atoms with E-state index in [2.05, 4.69) is 0 Å². The van der Waals surface area contributed by atoms with Gasteiger partial charge in [0.05, 0.1) is 4.70 Å². The Bertz CT molecular complexity index is 506. The lowest BCUT2D eigenvalue weighted by molar-refractivity contribution is 0.0991. The number of hydrogen-bond acceptors (Lipinski definition) is 2. The molecule has 1 nitrogen and oxygen atoms in total. The van der Waals surface area contributed by atoms with Gasteiger partial charge >= 0.3 is 0 Å². The average Bonchev–Trinajstić information content (AvgIpc) is 2.63. The minimum Gasteiger partial charge on any atom is -0.294 e. The van der Waals surface area contributed by atoms with Crippen LogP contribution in [-0.4, -0.2) is 11.7 Å². The number of Topliss-reactive ketones (excluding diaryl/α,β-unsaturated/α-hetero) is 1. The molecule has 0 aliphatic carbocycles. The summed E-state index contributed by atoms with van der Waals surface area (Å²) in [6.07, 6.45) is 0.296. The standard InChI is InChI=1S/C11H8ClFOS/c12-5-4-10(14)8-6-15-11-7(8)2-1-3-9(11)13/h1-3,6H,4-5H2. The fraction of sp³-hybridized carbons (Fsp3) is 0.182. The lowest BCUT2D eigenvalue weighted by Gasteiger charge is -1.96. The second-order valence-corrected chi connectivity index (χ2v) is 4.39. The van der Waals surface area contributed by atoms with Crippen LogP contribution in [0.2, 0.25) is 0 Å². The van der Waals surface area contributed by atoms with Crippen LogP contribution in [0.4, 0.5) is 4.39 Å². The van der Waals surface area contributed by atoms with E-state index in [4.69, 9.17) is 11.6 Å². The van der Waals surface area contributed by atoms with E-state index in [1.807, 2.05) is 0 Å². The number of fused-ring (bicyclic) bond motifs is 1. The zero-order chi connectivity index (χ0) is 10.8. The maximum absolute atomic E-state index is 13.3. The molecule has 0 atom stereocenters. The molecule has 0 bridgehead atoms. The molecule has 1 aromatic heterocycles. The molecule has 1 aromatic carbocycles. The minimum atomic E-state index is -0.276. The van der Waals surface area contributed by atoms with Gasteiger partial charge in [0.25, 0.3) is 0 Å². The van der Waals surface area contributed by atoms with E-state index >= 15 is 0 Å². The summed E-state index contributed by atoms with van der Waals surface area (Å²) in [5.41, 5.74) is 0.579. The van der Waals surface area contributed by atoms with Gasteiger partial charge in [-0.1, -0.05) is 12.1 Å². The maximum atomic E-state index is 13.3. The molecular weight excluding hydrogens is 235 g/mol. The normalized spacial score (nSPS) is 10.8. The summed E-state index contributed by atoms with van der Waals surface area (Å²) < 4.78 is 13.9. The second-order valence-electron chi connectivity index (χ2n) is 3.13. The van der Waals surface area contributed by atoms with Gasteiger partial charge in [0.1, 0.15) is 5.82 Å². The van der Waals surface area contributed by atoms with Gasteiger partial charge in [0.15, 0.2) is 5.78 Å². The zero-order valence-electron chi connectivity index (χ0n) is 7.80. The van der Waals surface area contributed by atoms with Crippen molar-refractivity contribution in [2.75, 3.05) is 5.88 Å². The van der Waals surface area contributed by atoms with Crippen LogP contribution in [-0.2, 0) is 0 Å². The molecule has 0 saturated heterocycles. The number of alkyl halides is 1. The summed E-state index contributed by atoms with van der Waals surface area (Å²) in [4.78, 5) is 11.6. The number of hydrogen-bond donors (Lipinski definition) is 0. The van der Waals surface area contributed by atoms with Crippen molar-refractivity contribution in [3.8, 4) is 0 Å². The van der Waals surface area contributed by atoms with Crippen LogP contribution in [0.25, 0.3) is 10.1 Å². The van der Waals surface area contributed by atoms with E-state index in [0.717, 1.165) is 0 Å². The van der Waals surface area contributed by atoms with Crippen molar-refractivity contribution < 1.29 is 9.18 Å². The van der Waals surface area contributed by atoms with Crippen molar-refractivity contribution in [2.24, 2.45) is 0 Å². The van der Waals surface area contributed by atoms with Gasteiger partial charge < -0.3 is 0 Å². The Balaban J connectivity index is 2.54. The summed E-state index contributed by atoms with van der Waals surface area (Å²) in [5, 5.41) is 2.39. The Hall–Kier alpha value is -0.930. The fourth-order valence-corrected chi connectivity index (χ4v) is 2.61. The molecule has 1 heterocycles. The number of carbonyl (C=O) groups is 1. The second kappa shape index (κ2) is 4.29. The van der Waals surface area contributed by atoms with Gasteiger partial charge in [0.2, 0.25) is 0 Å². The number of rotatable bonds is 3. The van der Waals surface area contributed by atoms with Crippen molar-refractivity contribution in [3.63, 3.8) is 0 Å². The van der Waals surface area contributed by atoms with E-state index in [1.165, 1.54) is 17.4 Å². The summed E-state index contributed by atoms with van der Waals surface area (Å²) in [6, 6.07) is 4.77. The van der Waals surface area contributed by atoms with Gasteiger partial charge in [-0.15, -0.1) is 22.9 Å².